The molecule has 0 N–H and O–H groups in total. The molecule has 2 saturated heterocycles. The molecule has 2 rings (SSSR count). The van der Waals surface area contributed by atoms with Crippen molar-refractivity contribution in [1.82, 2.24) is 9.80 Å². The van der Waals surface area contributed by atoms with Crippen LogP contribution in [-0.2, 0) is 9.53 Å². The molecule has 2 aliphatic heterocycles. The highest BCUT2D eigenvalue weighted by Gasteiger charge is 2.46. The number of nitrogens with zero attached hydrogens (tertiary/aromatic N) is 2. The van der Waals surface area contributed by atoms with Crippen molar-refractivity contribution < 1.29 is 9.53 Å². The number of carbonyl (C=O) groups excluding carboxylic acids is 1. The van der Waals surface area contributed by atoms with E-state index in [1.165, 1.54) is 0 Å². The van der Waals surface area contributed by atoms with Crippen LogP contribution in [0.2, 0.25) is 0 Å². The first-order chi connectivity index (χ1) is 7.18. The third-order valence-electron chi connectivity index (χ3n) is 3.68. The Hall–Kier alpha value is -0.610. The van der Waals surface area contributed by atoms with E-state index >= 15 is 0 Å². The molecular weight excluding hydrogens is 192 g/mol. The number of rotatable bonds is 2. The van der Waals surface area contributed by atoms with Gasteiger partial charge in [0.05, 0.1) is 18.6 Å². The van der Waals surface area contributed by atoms with Crippen LogP contribution in [0.4, 0.5) is 0 Å². The van der Waals surface area contributed by atoms with Crippen molar-refractivity contribution in [2.45, 2.75) is 13.3 Å². The lowest BCUT2D eigenvalue weighted by Gasteiger charge is -2.44. The van der Waals surface area contributed by atoms with E-state index in [1.54, 1.807) is 0 Å². The van der Waals surface area contributed by atoms with Crippen LogP contribution in [0, 0.1) is 5.41 Å². The van der Waals surface area contributed by atoms with Gasteiger partial charge in [-0.15, -0.1) is 0 Å². The fraction of sp³-hybridized carbons (Fsp3) is 0.909. The molecular formula is C11H20N2O2. The quantitative estimate of drug-likeness (QED) is 0.655. The lowest BCUT2D eigenvalue weighted by molar-refractivity contribution is -0.174. The molecule has 0 bridgehead atoms. The predicted molar refractivity (Wildman–Crippen MR) is 57.6 cm³/mol. The largest absolute Gasteiger partial charge is 0.379 e. The van der Waals surface area contributed by atoms with Gasteiger partial charge in [-0.1, -0.05) is 6.92 Å². The van der Waals surface area contributed by atoms with Gasteiger partial charge in [-0.3, -0.25) is 4.79 Å². The summed E-state index contributed by atoms with van der Waals surface area (Å²) in [7, 11) is 2.10. The molecule has 0 aromatic heterocycles. The van der Waals surface area contributed by atoms with Crippen molar-refractivity contribution in [1.29, 1.82) is 0 Å². The molecule has 2 fully saturated rings. The summed E-state index contributed by atoms with van der Waals surface area (Å²) < 4.78 is 5.20. The molecule has 4 nitrogen and oxygen atoms in total. The molecule has 0 unspecified atom stereocenters. The highest BCUT2D eigenvalue weighted by atomic mass is 16.5. The molecule has 0 saturated carbocycles. The fourth-order valence-corrected chi connectivity index (χ4v) is 2.17. The zero-order valence-electron chi connectivity index (χ0n) is 9.66. The van der Waals surface area contributed by atoms with Crippen LogP contribution in [0.15, 0.2) is 0 Å². The summed E-state index contributed by atoms with van der Waals surface area (Å²) in [6.07, 6.45) is 0.901. The molecule has 2 heterocycles. The Morgan fingerprint density at radius 3 is 2.27 bits per heavy atom. The van der Waals surface area contributed by atoms with E-state index in [4.69, 9.17) is 4.74 Å². The van der Waals surface area contributed by atoms with Gasteiger partial charge >= 0.3 is 0 Å². The van der Waals surface area contributed by atoms with E-state index in [1.807, 2.05) is 4.90 Å². The summed E-state index contributed by atoms with van der Waals surface area (Å²) in [4.78, 5) is 16.5. The monoisotopic (exact) mass is 212 g/mol. The van der Waals surface area contributed by atoms with Crippen LogP contribution in [0.1, 0.15) is 13.3 Å². The van der Waals surface area contributed by atoms with Gasteiger partial charge in [0.1, 0.15) is 0 Å². The first kappa shape index (κ1) is 10.9. The summed E-state index contributed by atoms with van der Waals surface area (Å²) in [5.41, 5.74) is -0.185. The molecule has 86 valence electrons. The maximum Gasteiger partial charge on any atom is 0.233 e. The van der Waals surface area contributed by atoms with Crippen LogP contribution >= 0.6 is 0 Å². The number of ether oxygens (including phenoxy) is 1. The van der Waals surface area contributed by atoms with E-state index < -0.39 is 0 Å². The Morgan fingerprint density at radius 1 is 1.27 bits per heavy atom. The van der Waals surface area contributed by atoms with Crippen molar-refractivity contribution >= 4 is 5.91 Å². The normalized spacial score (nSPS) is 26.1. The van der Waals surface area contributed by atoms with E-state index in [0.29, 0.717) is 19.1 Å². The Kier molecular flexibility index (Phi) is 2.98. The van der Waals surface area contributed by atoms with Crippen LogP contribution in [0.25, 0.3) is 0 Å². The minimum Gasteiger partial charge on any atom is -0.379 e. The van der Waals surface area contributed by atoms with Crippen LogP contribution in [0.3, 0.4) is 0 Å². The van der Waals surface area contributed by atoms with Crippen molar-refractivity contribution in [2.24, 2.45) is 5.41 Å². The predicted octanol–water partition coefficient (Wildman–Crippen LogP) is 0.187. The molecule has 1 amide bonds. The molecule has 0 aromatic carbocycles. The van der Waals surface area contributed by atoms with E-state index in [-0.39, 0.29) is 5.41 Å². The Balaban J connectivity index is 1.95. The third-order valence-corrected chi connectivity index (χ3v) is 3.68. The number of hydrogen-bond acceptors (Lipinski definition) is 3. The first-order valence-electron chi connectivity index (χ1n) is 5.73. The Morgan fingerprint density at radius 2 is 1.87 bits per heavy atom. The first-order valence-corrected chi connectivity index (χ1v) is 5.73. The summed E-state index contributed by atoms with van der Waals surface area (Å²) in [6.45, 7) is 7.05. The second-order valence-corrected chi connectivity index (χ2v) is 4.72. The van der Waals surface area contributed by atoms with Gasteiger partial charge in [0.15, 0.2) is 0 Å². The number of carbonyl (C=O) groups is 1. The van der Waals surface area contributed by atoms with E-state index in [2.05, 4.69) is 18.9 Å². The summed E-state index contributed by atoms with van der Waals surface area (Å²) in [5.74, 6) is 0.310. The average molecular weight is 212 g/mol. The van der Waals surface area contributed by atoms with Gasteiger partial charge in [0.25, 0.3) is 0 Å². The van der Waals surface area contributed by atoms with Crippen molar-refractivity contribution in [2.75, 3.05) is 46.4 Å². The molecule has 0 aliphatic carbocycles. The van der Waals surface area contributed by atoms with Crippen molar-refractivity contribution in [3.05, 3.63) is 0 Å². The van der Waals surface area contributed by atoms with Crippen molar-refractivity contribution in [3.8, 4) is 0 Å². The van der Waals surface area contributed by atoms with E-state index in [0.717, 1.165) is 32.6 Å². The maximum atomic E-state index is 12.3. The number of likely N-dealkylation sites (N-methyl/N-ethyl adjacent to an activating group) is 1. The summed E-state index contributed by atoms with van der Waals surface area (Å²) in [6, 6.07) is 0. The van der Waals surface area contributed by atoms with Crippen LogP contribution < -0.4 is 0 Å². The van der Waals surface area contributed by atoms with Crippen molar-refractivity contribution in [3.63, 3.8) is 0 Å². The Bertz CT molecular complexity index is 237. The smallest absolute Gasteiger partial charge is 0.233 e. The maximum absolute atomic E-state index is 12.3. The highest BCUT2D eigenvalue weighted by molar-refractivity contribution is 5.84. The Labute approximate surface area is 91.2 Å². The molecule has 0 radical (unpaired) electrons. The molecule has 0 atom stereocenters. The summed E-state index contributed by atoms with van der Waals surface area (Å²) >= 11 is 0. The fourth-order valence-electron chi connectivity index (χ4n) is 2.17. The van der Waals surface area contributed by atoms with Gasteiger partial charge in [0.2, 0.25) is 5.91 Å². The number of amides is 1. The second-order valence-electron chi connectivity index (χ2n) is 4.72. The van der Waals surface area contributed by atoms with Crippen LogP contribution in [0.5, 0.6) is 0 Å². The van der Waals surface area contributed by atoms with Gasteiger partial charge in [-0.05, 0) is 13.5 Å². The van der Waals surface area contributed by atoms with Gasteiger partial charge in [-0.2, -0.15) is 0 Å². The van der Waals surface area contributed by atoms with Gasteiger partial charge in [0, 0.05) is 26.2 Å². The zero-order valence-corrected chi connectivity index (χ0v) is 9.66. The van der Waals surface area contributed by atoms with Gasteiger partial charge in [-0.25, -0.2) is 0 Å². The van der Waals surface area contributed by atoms with Gasteiger partial charge < -0.3 is 14.5 Å². The zero-order chi connectivity index (χ0) is 10.9. The topological polar surface area (TPSA) is 32.8 Å². The summed E-state index contributed by atoms with van der Waals surface area (Å²) in [5, 5.41) is 0. The SMILES string of the molecule is CCC1(C(=O)N2CCN(C)CC2)COC1. The standard InChI is InChI=1S/C11H20N2O2/c1-3-11(8-15-9-11)10(14)13-6-4-12(2)5-7-13/h3-9H2,1-2H3. The van der Waals surface area contributed by atoms with Crippen LogP contribution in [-0.4, -0.2) is 62.1 Å². The minimum absolute atomic E-state index is 0.185. The number of hydrogen-bond donors (Lipinski definition) is 0. The third kappa shape index (κ3) is 1.88. The molecule has 4 heteroatoms. The minimum atomic E-state index is -0.185. The lowest BCUT2D eigenvalue weighted by Crippen LogP contribution is -2.58. The molecule has 15 heavy (non-hydrogen) atoms. The molecule has 2 aliphatic rings. The average Bonchev–Trinajstić information content (AvgIpc) is 2.18. The highest BCUT2D eigenvalue weighted by Crippen LogP contribution is 2.33. The lowest BCUT2D eigenvalue weighted by atomic mass is 9.81. The van der Waals surface area contributed by atoms with E-state index in [9.17, 15) is 4.79 Å². The molecule has 0 aromatic rings. The second kappa shape index (κ2) is 4.10. The number of piperazine rings is 1. The molecule has 0 spiro atoms.